The van der Waals surface area contributed by atoms with E-state index in [9.17, 15) is 22.4 Å². The summed E-state index contributed by atoms with van der Waals surface area (Å²) >= 11 is 0.958. The third kappa shape index (κ3) is 6.68. The van der Waals surface area contributed by atoms with E-state index >= 15 is 0 Å². The standard InChI is InChI=1S/C23H25F4N7O2S/c1-3-7-34-8-6-16(15(24)12-34)36-19-5-4-14(9-30-19)31-21(35)20-13(2)33-37-22(20)32-18-11-28-17(10-29-18)23(25,26)27/h4-5,9-11,15-16H,3,6-8,12H2,1-2H3,(H,29,32)(H,31,35)/t15-,16+/m1/s1. The van der Waals surface area contributed by atoms with Crippen molar-refractivity contribution in [2.24, 2.45) is 0 Å². The number of aryl methyl sites for hydroxylation is 1. The Morgan fingerprint density at radius 1 is 1.22 bits per heavy atom. The average molecular weight is 540 g/mol. The van der Waals surface area contributed by atoms with E-state index in [-0.39, 0.29) is 17.3 Å². The first-order chi connectivity index (χ1) is 17.6. The van der Waals surface area contributed by atoms with E-state index in [4.69, 9.17) is 4.74 Å². The number of anilines is 3. The van der Waals surface area contributed by atoms with Gasteiger partial charge < -0.3 is 20.3 Å². The van der Waals surface area contributed by atoms with Crippen LogP contribution in [0, 0.1) is 6.92 Å². The van der Waals surface area contributed by atoms with Crippen LogP contribution < -0.4 is 15.4 Å². The molecule has 4 rings (SSSR count). The highest BCUT2D eigenvalue weighted by Crippen LogP contribution is 2.30. The lowest BCUT2D eigenvalue weighted by atomic mass is 10.1. The first-order valence-corrected chi connectivity index (χ1v) is 12.3. The minimum atomic E-state index is -4.61. The summed E-state index contributed by atoms with van der Waals surface area (Å²) in [6.45, 7) is 5.63. The molecule has 1 aliphatic rings. The van der Waals surface area contributed by atoms with Crippen molar-refractivity contribution >= 4 is 33.9 Å². The maximum absolute atomic E-state index is 14.5. The van der Waals surface area contributed by atoms with Gasteiger partial charge in [0.1, 0.15) is 23.1 Å². The first-order valence-electron chi connectivity index (χ1n) is 11.6. The van der Waals surface area contributed by atoms with Gasteiger partial charge in [0.05, 0.1) is 35.5 Å². The fourth-order valence-electron chi connectivity index (χ4n) is 3.85. The van der Waals surface area contributed by atoms with Crippen LogP contribution in [-0.2, 0) is 6.18 Å². The number of hydrogen-bond donors (Lipinski definition) is 2. The number of ether oxygens (including phenoxy) is 1. The maximum atomic E-state index is 14.5. The topological polar surface area (TPSA) is 105 Å². The molecule has 0 unspecified atom stereocenters. The van der Waals surface area contributed by atoms with Crippen LogP contribution in [0.4, 0.5) is 34.1 Å². The molecule has 0 saturated carbocycles. The van der Waals surface area contributed by atoms with E-state index in [2.05, 4.69) is 41.8 Å². The van der Waals surface area contributed by atoms with Crippen molar-refractivity contribution < 1.29 is 27.1 Å². The van der Waals surface area contributed by atoms with Crippen LogP contribution in [0.2, 0.25) is 0 Å². The molecule has 0 aliphatic carbocycles. The first kappa shape index (κ1) is 26.7. The van der Waals surface area contributed by atoms with Gasteiger partial charge in [-0.15, -0.1) is 0 Å². The number of nitrogens with zero attached hydrogens (tertiary/aromatic N) is 5. The Hall–Kier alpha value is -3.39. The minimum absolute atomic E-state index is 0.0283. The largest absolute Gasteiger partial charge is 0.471 e. The quantitative estimate of drug-likeness (QED) is 0.392. The summed E-state index contributed by atoms with van der Waals surface area (Å²) in [5, 5.41) is 5.78. The number of pyridine rings is 1. The molecule has 3 aromatic rings. The maximum Gasteiger partial charge on any atom is 0.434 e. The fraction of sp³-hybridized carbons (Fsp3) is 0.435. The number of likely N-dealkylation sites (tertiary alicyclic amines) is 1. The van der Waals surface area contributed by atoms with E-state index < -0.39 is 30.1 Å². The summed E-state index contributed by atoms with van der Waals surface area (Å²) in [7, 11) is 0. The van der Waals surface area contributed by atoms with Crippen LogP contribution in [0.1, 0.15) is 41.5 Å². The molecular weight excluding hydrogens is 514 g/mol. The number of amides is 1. The molecule has 37 heavy (non-hydrogen) atoms. The molecule has 2 N–H and O–H groups in total. The Morgan fingerprint density at radius 3 is 2.65 bits per heavy atom. The molecule has 0 bridgehead atoms. The van der Waals surface area contributed by atoms with Crippen molar-refractivity contribution in [3.63, 3.8) is 0 Å². The van der Waals surface area contributed by atoms with E-state index in [1.54, 1.807) is 19.1 Å². The van der Waals surface area contributed by atoms with Gasteiger partial charge in [-0.1, -0.05) is 6.92 Å². The summed E-state index contributed by atoms with van der Waals surface area (Å²) in [5.41, 5.74) is -0.134. The van der Waals surface area contributed by atoms with Gasteiger partial charge in [-0.25, -0.2) is 19.3 Å². The van der Waals surface area contributed by atoms with Crippen LogP contribution in [0.15, 0.2) is 30.7 Å². The molecule has 1 saturated heterocycles. The molecule has 1 fully saturated rings. The Bertz CT molecular complexity index is 1210. The average Bonchev–Trinajstić information content (AvgIpc) is 3.22. The van der Waals surface area contributed by atoms with Crippen molar-refractivity contribution in [3.8, 4) is 5.88 Å². The number of piperidine rings is 1. The van der Waals surface area contributed by atoms with Gasteiger partial charge in [0.15, 0.2) is 5.69 Å². The van der Waals surface area contributed by atoms with Crippen LogP contribution >= 0.6 is 11.5 Å². The van der Waals surface area contributed by atoms with Gasteiger partial charge >= 0.3 is 6.18 Å². The lowest BCUT2D eigenvalue weighted by molar-refractivity contribution is -0.141. The van der Waals surface area contributed by atoms with E-state index in [1.165, 1.54) is 6.20 Å². The van der Waals surface area contributed by atoms with Crippen molar-refractivity contribution in [3.05, 3.63) is 47.7 Å². The van der Waals surface area contributed by atoms with Gasteiger partial charge in [0, 0.05) is 19.2 Å². The van der Waals surface area contributed by atoms with Gasteiger partial charge in [-0.3, -0.25) is 4.79 Å². The van der Waals surface area contributed by atoms with Crippen molar-refractivity contribution in [1.29, 1.82) is 0 Å². The molecule has 3 aromatic heterocycles. The smallest absolute Gasteiger partial charge is 0.434 e. The summed E-state index contributed by atoms with van der Waals surface area (Å²) in [6.07, 6.45) is -1.84. The second-order valence-electron chi connectivity index (χ2n) is 8.48. The summed E-state index contributed by atoms with van der Waals surface area (Å²) in [5.74, 6) is -0.219. The molecule has 198 valence electrons. The number of rotatable bonds is 8. The van der Waals surface area contributed by atoms with Gasteiger partial charge in [0.2, 0.25) is 5.88 Å². The highest BCUT2D eigenvalue weighted by atomic mass is 32.1. The molecule has 4 heterocycles. The lowest BCUT2D eigenvalue weighted by Gasteiger charge is -2.34. The number of hydrogen-bond acceptors (Lipinski definition) is 9. The third-order valence-electron chi connectivity index (χ3n) is 5.65. The van der Waals surface area contributed by atoms with Crippen LogP contribution in [0.3, 0.4) is 0 Å². The number of aromatic nitrogens is 4. The number of carbonyl (C=O) groups is 1. The third-order valence-corrected chi connectivity index (χ3v) is 6.50. The zero-order valence-corrected chi connectivity index (χ0v) is 20.9. The predicted octanol–water partition coefficient (Wildman–Crippen LogP) is 4.85. The number of halogens is 4. The SMILES string of the molecule is CCCN1CC[C@H](Oc2ccc(NC(=O)c3c(C)nsc3Nc3cnc(C(F)(F)F)cn3)cn2)[C@H](F)C1. The molecule has 9 nitrogen and oxygen atoms in total. The highest BCUT2D eigenvalue weighted by Gasteiger charge is 2.33. The lowest BCUT2D eigenvalue weighted by Crippen LogP contribution is -2.47. The second-order valence-corrected chi connectivity index (χ2v) is 9.26. The normalized spacial score (nSPS) is 18.4. The summed E-state index contributed by atoms with van der Waals surface area (Å²) < 4.78 is 62.5. The molecular formula is C23H25F4N7O2S. The highest BCUT2D eigenvalue weighted by molar-refractivity contribution is 7.10. The summed E-state index contributed by atoms with van der Waals surface area (Å²) in [6, 6.07) is 3.14. The molecule has 0 radical (unpaired) electrons. The second kappa shape index (κ2) is 11.3. The van der Waals surface area contributed by atoms with Crippen LogP contribution in [-0.4, -0.2) is 62.0 Å². The van der Waals surface area contributed by atoms with Crippen molar-refractivity contribution in [2.75, 3.05) is 30.3 Å². The zero-order valence-electron chi connectivity index (χ0n) is 20.0. The number of alkyl halides is 4. The van der Waals surface area contributed by atoms with Crippen LogP contribution in [0.5, 0.6) is 5.88 Å². The predicted molar refractivity (Wildman–Crippen MR) is 130 cm³/mol. The molecule has 1 aliphatic heterocycles. The summed E-state index contributed by atoms with van der Waals surface area (Å²) in [4.78, 5) is 26.3. The zero-order chi connectivity index (χ0) is 26.6. The fourth-order valence-corrected chi connectivity index (χ4v) is 4.65. The van der Waals surface area contributed by atoms with Gasteiger partial charge in [0.25, 0.3) is 5.91 Å². The Kier molecular flexibility index (Phi) is 8.17. The molecule has 0 spiro atoms. The Labute approximate surface area is 214 Å². The Balaban J connectivity index is 1.37. The Morgan fingerprint density at radius 2 is 2.03 bits per heavy atom. The van der Waals surface area contributed by atoms with E-state index in [0.717, 1.165) is 37.2 Å². The van der Waals surface area contributed by atoms with Gasteiger partial charge in [-0.2, -0.15) is 17.5 Å². The van der Waals surface area contributed by atoms with E-state index in [0.29, 0.717) is 35.5 Å². The minimum Gasteiger partial charge on any atom is -0.471 e. The molecule has 1 amide bonds. The molecule has 2 atom stereocenters. The van der Waals surface area contributed by atoms with Crippen LogP contribution in [0.25, 0.3) is 0 Å². The number of carbonyl (C=O) groups excluding carboxylic acids is 1. The van der Waals surface area contributed by atoms with Gasteiger partial charge in [-0.05, 0) is 43.9 Å². The van der Waals surface area contributed by atoms with Crippen molar-refractivity contribution in [1.82, 2.24) is 24.2 Å². The molecule has 14 heteroatoms. The van der Waals surface area contributed by atoms with Crippen molar-refractivity contribution in [2.45, 2.75) is 45.1 Å². The monoisotopic (exact) mass is 539 g/mol. The molecule has 0 aromatic carbocycles. The van der Waals surface area contributed by atoms with E-state index in [1.807, 2.05) is 0 Å². The number of nitrogens with one attached hydrogen (secondary N) is 2.